The molecule has 2 rings (SSSR count). The standard InChI is InChI=1S/C10H11NOS/c1-7-5-8(6-12-7)10(11)9-3-2-4-13-9/h2-6,10H,11H2,1H3. The first-order chi connectivity index (χ1) is 6.27. The van der Waals surface area contributed by atoms with Crippen molar-refractivity contribution in [2.75, 3.05) is 0 Å². The number of thiophene rings is 1. The molecule has 13 heavy (non-hydrogen) atoms. The van der Waals surface area contributed by atoms with Gasteiger partial charge in [-0.2, -0.15) is 0 Å². The summed E-state index contributed by atoms with van der Waals surface area (Å²) >= 11 is 1.67. The third-order valence-electron chi connectivity index (χ3n) is 1.96. The van der Waals surface area contributed by atoms with Crippen molar-refractivity contribution in [1.82, 2.24) is 0 Å². The summed E-state index contributed by atoms with van der Waals surface area (Å²) in [6.07, 6.45) is 1.72. The van der Waals surface area contributed by atoms with Gasteiger partial charge in [0.25, 0.3) is 0 Å². The van der Waals surface area contributed by atoms with Gasteiger partial charge in [0.2, 0.25) is 0 Å². The molecule has 0 aromatic carbocycles. The molecule has 0 amide bonds. The number of aryl methyl sites for hydroxylation is 1. The van der Waals surface area contributed by atoms with Crippen LogP contribution in [0.5, 0.6) is 0 Å². The maximum absolute atomic E-state index is 6.02. The zero-order valence-electron chi connectivity index (χ0n) is 7.36. The van der Waals surface area contributed by atoms with E-state index in [9.17, 15) is 0 Å². The first kappa shape index (κ1) is 8.53. The molecule has 0 fully saturated rings. The van der Waals surface area contributed by atoms with Crippen molar-refractivity contribution in [3.05, 3.63) is 46.0 Å². The van der Waals surface area contributed by atoms with Crippen molar-refractivity contribution in [2.24, 2.45) is 5.73 Å². The minimum Gasteiger partial charge on any atom is -0.469 e. The fourth-order valence-electron chi connectivity index (χ4n) is 1.26. The first-order valence-corrected chi connectivity index (χ1v) is 4.99. The van der Waals surface area contributed by atoms with Crippen LogP contribution >= 0.6 is 11.3 Å². The summed E-state index contributed by atoms with van der Waals surface area (Å²) in [6, 6.07) is 5.98. The van der Waals surface area contributed by atoms with Gasteiger partial charge in [-0.1, -0.05) is 6.07 Å². The van der Waals surface area contributed by atoms with E-state index in [0.29, 0.717) is 0 Å². The van der Waals surface area contributed by atoms with Crippen LogP contribution in [0.15, 0.2) is 34.3 Å². The van der Waals surface area contributed by atoms with Gasteiger partial charge in [-0.15, -0.1) is 11.3 Å². The molecular weight excluding hydrogens is 182 g/mol. The highest BCUT2D eigenvalue weighted by molar-refractivity contribution is 7.10. The summed E-state index contributed by atoms with van der Waals surface area (Å²) in [6.45, 7) is 1.92. The van der Waals surface area contributed by atoms with Gasteiger partial charge in [-0.05, 0) is 24.4 Å². The summed E-state index contributed by atoms with van der Waals surface area (Å²) in [4.78, 5) is 1.17. The Morgan fingerprint density at radius 1 is 1.54 bits per heavy atom. The first-order valence-electron chi connectivity index (χ1n) is 4.11. The molecule has 0 spiro atoms. The maximum atomic E-state index is 6.02. The van der Waals surface area contributed by atoms with Gasteiger partial charge in [-0.25, -0.2) is 0 Å². The quantitative estimate of drug-likeness (QED) is 0.796. The molecule has 3 heteroatoms. The summed E-state index contributed by atoms with van der Waals surface area (Å²) in [5.74, 6) is 0.905. The Kier molecular flexibility index (Phi) is 2.20. The second-order valence-corrected chi connectivity index (χ2v) is 3.96. The Hall–Kier alpha value is -1.06. The number of rotatable bonds is 2. The molecule has 2 N–H and O–H groups in total. The van der Waals surface area contributed by atoms with Gasteiger partial charge in [0.05, 0.1) is 12.3 Å². The van der Waals surface area contributed by atoms with Crippen LogP contribution in [-0.2, 0) is 0 Å². The van der Waals surface area contributed by atoms with Crippen LogP contribution in [0.3, 0.4) is 0 Å². The fraction of sp³-hybridized carbons (Fsp3) is 0.200. The van der Waals surface area contributed by atoms with Crippen molar-refractivity contribution in [1.29, 1.82) is 0 Å². The van der Waals surface area contributed by atoms with Gasteiger partial charge in [0.1, 0.15) is 5.76 Å². The van der Waals surface area contributed by atoms with Crippen LogP contribution in [-0.4, -0.2) is 0 Å². The highest BCUT2D eigenvalue weighted by Crippen LogP contribution is 2.24. The van der Waals surface area contributed by atoms with Crippen molar-refractivity contribution in [3.8, 4) is 0 Å². The van der Waals surface area contributed by atoms with E-state index in [1.165, 1.54) is 4.88 Å². The van der Waals surface area contributed by atoms with Crippen molar-refractivity contribution in [2.45, 2.75) is 13.0 Å². The Morgan fingerprint density at radius 2 is 2.38 bits per heavy atom. The lowest BCUT2D eigenvalue weighted by Gasteiger charge is -2.04. The maximum Gasteiger partial charge on any atom is 0.101 e. The summed E-state index contributed by atoms with van der Waals surface area (Å²) in [7, 11) is 0. The monoisotopic (exact) mass is 193 g/mol. The largest absolute Gasteiger partial charge is 0.469 e. The van der Waals surface area contributed by atoms with Gasteiger partial charge >= 0.3 is 0 Å². The van der Waals surface area contributed by atoms with E-state index >= 15 is 0 Å². The lowest BCUT2D eigenvalue weighted by molar-refractivity contribution is 0.530. The average Bonchev–Trinajstić information content (AvgIpc) is 2.72. The Morgan fingerprint density at radius 3 is 2.92 bits per heavy atom. The van der Waals surface area contributed by atoms with Crippen LogP contribution in [0.4, 0.5) is 0 Å². The van der Waals surface area contributed by atoms with Gasteiger partial charge in [0, 0.05) is 10.4 Å². The molecule has 2 heterocycles. The van der Waals surface area contributed by atoms with E-state index in [1.807, 2.05) is 30.5 Å². The molecule has 2 aromatic heterocycles. The fourth-order valence-corrected chi connectivity index (χ4v) is 2.01. The third-order valence-corrected chi connectivity index (χ3v) is 2.92. The molecular formula is C10H11NOS. The molecule has 0 saturated carbocycles. The molecule has 0 saturated heterocycles. The Bertz CT molecular complexity index is 377. The van der Waals surface area contributed by atoms with E-state index < -0.39 is 0 Å². The number of furan rings is 1. The lowest BCUT2D eigenvalue weighted by Crippen LogP contribution is -2.08. The van der Waals surface area contributed by atoms with Crippen LogP contribution in [0.25, 0.3) is 0 Å². The third kappa shape index (κ3) is 1.66. The van der Waals surface area contributed by atoms with Gasteiger partial charge in [0.15, 0.2) is 0 Å². The van der Waals surface area contributed by atoms with E-state index in [1.54, 1.807) is 17.6 Å². The second kappa shape index (κ2) is 3.36. The van der Waals surface area contributed by atoms with Gasteiger partial charge < -0.3 is 10.2 Å². The zero-order chi connectivity index (χ0) is 9.26. The summed E-state index contributed by atoms with van der Waals surface area (Å²) in [5.41, 5.74) is 7.07. The molecule has 0 radical (unpaired) electrons. The predicted molar refractivity (Wildman–Crippen MR) is 53.8 cm³/mol. The lowest BCUT2D eigenvalue weighted by atomic mass is 10.1. The molecule has 2 nitrogen and oxygen atoms in total. The van der Waals surface area contributed by atoms with Crippen molar-refractivity contribution in [3.63, 3.8) is 0 Å². The zero-order valence-corrected chi connectivity index (χ0v) is 8.17. The van der Waals surface area contributed by atoms with Gasteiger partial charge in [-0.3, -0.25) is 0 Å². The minimum atomic E-state index is -0.0440. The minimum absolute atomic E-state index is 0.0440. The molecule has 1 atom stereocenters. The van der Waals surface area contributed by atoms with E-state index in [2.05, 4.69) is 0 Å². The normalized spacial score (nSPS) is 13.1. The SMILES string of the molecule is Cc1cc(C(N)c2cccs2)co1. The molecule has 1 unspecified atom stereocenters. The smallest absolute Gasteiger partial charge is 0.101 e. The molecule has 0 aliphatic rings. The Labute approximate surface area is 81.0 Å². The molecule has 0 aliphatic carbocycles. The summed E-state index contributed by atoms with van der Waals surface area (Å²) < 4.78 is 5.21. The van der Waals surface area contributed by atoms with Crippen molar-refractivity contribution >= 4 is 11.3 Å². The molecule has 0 aliphatic heterocycles. The van der Waals surface area contributed by atoms with Crippen LogP contribution in [0, 0.1) is 6.92 Å². The predicted octanol–water partition coefficient (Wildman–Crippen LogP) is 2.70. The molecule has 68 valence electrons. The van der Waals surface area contributed by atoms with Crippen LogP contribution in [0.2, 0.25) is 0 Å². The molecule has 0 bridgehead atoms. The van der Waals surface area contributed by atoms with Crippen LogP contribution in [0.1, 0.15) is 22.2 Å². The number of hydrogen-bond acceptors (Lipinski definition) is 3. The topological polar surface area (TPSA) is 39.2 Å². The van der Waals surface area contributed by atoms with E-state index in [0.717, 1.165) is 11.3 Å². The van der Waals surface area contributed by atoms with Crippen molar-refractivity contribution < 1.29 is 4.42 Å². The second-order valence-electron chi connectivity index (χ2n) is 2.98. The number of nitrogens with two attached hydrogens (primary N) is 1. The number of hydrogen-bond donors (Lipinski definition) is 1. The summed E-state index contributed by atoms with van der Waals surface area (Å²) in [5, 5.41) is 2.03. The highest BCUT2D eigenvalue weighted by Gasteiger charge is 2.11. The van der Waals surface area contributed by atoms with E-state index in [4.69, 9.17) is 10.2 Å². The Balaban J connectivity index is 2.28. The average molecular weight is 193 g/mol. The van der Waals surface area contributed by atoms with Crippen LogP contribution < -0.4 is 5.73 Å². The highest BCUT2D eigenvalue weighted by atomic mass is 32.1. The van der Waals surface area contributed by atoms with E-state index in [-0.39, 0.29) is 6.04 Å². The molecule has 2 aromatic rings.